The van der Waals surface area contributed by atoms with Crippen molar-refractivity contribution in [3.63, 3.8) is 0 Å². The van der Waals surface area contributed by atoms with E-state index < -0.39 is 0 Å². The minimum Gasteiger partial charge on any atom is -0.381 e. The molecule has 0 spiro atoms. The Hall–Kier alpha value is -0.120. The van der Waals surface area contributed by atoms with E-state index in [1.165, 1.54) is 32.1 Å². The molecule has 2 fully saturated rings. The van der Waals surface area contributed by atoms with Gasteiger partial charge in [0.2, 0.25) is 0 Å². The zero-order chi connectivity index (χ0) is 10.7. The number of rotatable bonds is 4. The summed E-state index contributed by atoms with van der Waals surface area (Å²) in [6, 6.07) is 0.691. The van der Waals surface area contributed by atoms with Gasteiger partial charge >= 0.3 is 0 Å². The number of ether oxygens (including phenoxy) is 2. The Balaban J connectivity index is 1.66. The van der Waals surface area contributed by atoms with Crippen LogP contribution >= 0.6 is 0 Å². The van der Waals surface area contributed by atoms with Gasteiger partial charge in [-0.05, 0) is 45.6 Å². The topological polar surface area (TPSA) is 30.5 Å². The first kappa shape index (κ1) is 11.4. The average molecular weight is 213 g/mol. The van der Waals surface area contributed by atoms with Crippen LogP contribution in [0.5, 0.6) is 0 Å². The van der Waals surface area contributed by atoms with Crippen molar-refractivity contribution < 1.29 is 9.47 Å². The highest BCUT2D eigenvalue weighted by Crippen LogP contribution is 2.30. The quantitative estimate of drug-likeness (QED) is 0.771. The van der Waals surface area contributed by atoms with Gasteiger partial charge in [-0.1, -0.05) is 0 Å². The lowest BCUT2D eigenvalue weighted by Crippen LogP contribution is -2.46. The third-order valence-electron chi connectivity index (χ3n) is 3.80. The summed E-state index contributed by atoms with van der Waals surface area (Å²) >= 11 is 0. The van der Waals surface area contributed by atoms with Gasteiger partial charge in [0, 0.05) is 13.2 Å². The molecule has 0 aromatic heterocycles. The Labute approximate surface area is 92.5 Å². The fourth-order valence-electron chi connectivity index (χ4n) is 2.62. The van der Waals surface area contributed by atoms with Gasteiger partial charge in [-0.3, -0.25) is 0 Å². The van der Waals surface area contributed by atoms with Crippen LogP contribution in [-0.4, -0.2) is 38.5 Å². The highest BCUT2D eigenvalue weighted by molar-refractivity contribution is 4.86. The minimum atomic E-state index is 0.434. The molecule has 0 radical (unpaired) electrons. The van der Waals surface area contributed by atoms with Crippen molar-refractivity contribution in [3.8, 4) is 0 Å². The summed E-state index contributed by atoms with van der Waals surface area (Å²) in [4.78, 5) is 0. The molecule has 3 heteroatoms. The van der Waals surface area contributed by atoms with Gasteiger partial charge < -0.3 is 14.8 Å². The van der Waals surface area contributed by atoms with Gasteiger partial charge in [0.05, 0.1) is 18.3 Å². The van der Waals surface area contributed by atoms with Crippen LogP contribution in [0.4, 0.5) is 0 Å². The highest BCUT2D eigenvalue weighted by Gasteiger charge is 2.32. The maximum atomic E-state index is 6.07. The second-order valence-electron chi connectivity index (χ2n) is 4.86. The Morgan fingerprint density at radius 3 is 2.40 bits per heavy atom. The van der Waals surface area contributed by atoms with E-state index >= 15 is 0 Å². The maximum Gasteiger partial charge on any atom is 0.0608 e. The van der Waals surface area contributed by atoms with Crippen molar-refractivity contribution in [1.29, 1.82) is 0 Å². The van der Waals surface area contributed by atoms with Crippen LogP contribution in [0.25, 0.3) is 0 Å². The molecule has 15 heavy (non-hydrogen) atoms. The minimum absolute atomic E-state index is 0.434. The molecule has 88 valence electrons. The molecule has 2 aliphatic rings. The van der Waals surface area contributed by atoms with Crippen LogP contribution in [0.15, 0.2) is 0 Å². The zero-order valence-corrected chi connectivity index (χ0v) is 9.87. The zero-order valence-electron chi connectivity index (χ0n) is 9.87. The van der Waals surface area contributed by atoms with Crippen LogP contribution < -0.4 is 5.32 Å². The van der Waals surface area contributed by atoms with E-state index in [9.17, 15) is 0 Å². The molecule has 3 nitrogen and oxygen atoms in total. The maximum absolute atomic E-state index is 6.07. The van der Waals surface area contributed by atoms with Crippen LogP contribution in [0, 0.1) is 0 Å². The lowest BCUT2D eigenvalue weighted by Gasteiger charge is -2.39. The monoisotopic (exact) mass is 213 g/mol. The lowest BCUT2D eigenvalue weighted by atomic mass is 9.88. The van der Waals surface area contributed by atoms with Gasteiger partial charge in [0.25, 0.3) is 0 Å². The van der Waals surface area contributed by atoms with E-state index in [1.807, 2.05) is 14.2 Å². The highest BCUT2D eigenvalue weighted by atomic mass is 16.5. The SMILES string of the molecule is CNC1CC(OC2CCCC(OC)C2)C1. The van der Waals surface area contributed by atoms with Gasteiger partial charge in [0.1, 0.15) is 0 Å². The molecular weight excluding hydrogens is 190 g/mol. The van der Waals surface area contributed by atoms with Gasteiger partial charge in [0.15, 0.2) is 0 Å². The molecule has 0 aromatic rings. The molecule has 2 unspecified atom stereocenters. The average Bonchev–Trinajstić information content (AvgIpc) is 2.23. The fraction of sp³-hybridized carbons (Fsp3) is 1.00. The summed E-state index contributed by atoms with van der Waals surface area (Å²) in [5.41, 5.74) is 0. The van der Waals surface area contributed by atoms with Gasteiger partial charge in [-0.15, -0.1) is 0 Å². The standard InChI is InChI=1S/C12H23NO2/c1-13-9-6-12(7-9)15-11-5-3-4-10(8-11)14-2/h9-13H,3-8H2,1-2H3. The summed E-state index contributed by atoms with van der Waals surface area (Å²) in [7, 11) is 3.84. The van der Waals surface area contributed by atoms with Crippen LogP contribution in [-0.2, 0) is 9.47 Å². The fourth-order valence-corrected chi connectivity index (χ4v) is 2.62. The predicted molar refractivity (Wildman–Crippen MR) is 60.0 cm³/mol. The second-order valence-corrected chi connectivity index (χ2v) is 4.86. The van der Waals surface area contributed by atoms with Crippen molar-refractivity contribution in [2.75, 3.05) is 14.2 Å². The first-order valence-electron chi connectivity index (χ1n) is 6.17. The lowest BCUT2D eigenvalue weighted by molar-refractivity contribution is -0.0972. The normalized spacial score (nSPS) is 41.2. The van der Waals surface area contributed by atoms with Crippen LogP contribution in [0.2, 0.25) is 0 Å². The molecule has 1 N–H and O–H groups in total. The molecule has 2 aliphatic carbocycles. The molecule has 2 atom stereocenters. The Kier molecular flexibility index (Phi) is 4.00. The summed E-state index contributed by atoms with van der Waals surface area (Å²) in [6.45, 7) is 0. The van der Waals surface area contributed by atoms with E-state index in [0.29, 0.717) is 24.4 Å². The summed E-state index contributed by atoms with van der Waals surface area (Å²) in [6.07, 6.45) is 8.54. The van der Waals surface area contributed by atoms with E-state index in [1.54, 1.807) is 0 Å². The Morgan fingerprint density at radius 2 is 1.73 bits per heavy atom. The van der Waals surface area contributed by atoms with Crippen molar-refractivity contribution in [1.82, 2.24) is 5.32 Å². The predicted octanol–water partition coefficient (Wildman–Crippen LogP) is 1.71. The Morgan fingerprint density at radius 1 is 1.00 bits per heavy atom. The first-order chi connectivity index (χ1) is 7.31. The molecule has 0 amide bonds. The van der Waals surface area contributed by atoms with Gasteiger partial charge in [-0.2, -0.15) is 0 Å². The smallest absolute Gasteiger partial charge is 0.0608 e. The van der Waals surface area contributed by atoms with Crippen molar-refractivity contribution in [2.45, 2.75) is 62.9 Å². The van der Waals surface area contributed by atoms with Crippen LogP contribution in [0.1, 0.15) is 38.5 Å². The van der Waals surface area contributed by atoms with E-state index in [4.69, 9.17) is 9.47 Å². The van der Waals surface area contributed by atoms with Crippen molar-refractivity contribution >= 4 is 0 Å². The van der Waals surface area contributed by atoms with E-state index in [0.717, 1.165) is 6.42 Å². The van der Waals surface area contributed by atoms with E-state index in [2.05, 4.69) is 5.32 Å². The third kappa shape index (κ3) is 2.92. The summed E-state index contributed by atoms with van der Waals surface area (Å²) in [5.74, 6) is 0. The Bertz CT molecular complexity index is 192. The number of hydrogen-bond acceptors (Lipinski definition) is 3. The molecule has 0 aromatic carbocycles. The largest absolute Gasteiger partial charge is 0.381 e. The number of hydrogen-bond donors (Lipinski definition) is 1. The third-order valence-corrected chi connectivity index (χ3v) is 3.80. The summed E-state index contributed by atoms with van der Waals surface area (Å²) in [5, 5.41) is 3.28. The summed E-state index contributed by atoms with van der Waals surface area (Å²) < 4.78 is 11.5. The molecule has 2 rings (SSSR count). The molecule has 0 bridgehead atoms. The van der Waals surface area contributed by atoms with Gasteiger partial charge in [-0.25, -0.2) is 0 Å². The number of methoxy groups -OCH3 is 1. The molecule has 0 aliphatic heterocycles. The number of nitrogens with one attached hydrogen (secondary N) is 1. The van der Waals surface area contributed by atoms with Crippen LogP contribution in [0.3, 0.4) is 0 Å². The second kappa shape index (κ2) is 5.28. The van der Waals surface area contributed by atoms with E-state index in [-0.39, 0.29) is 0 Å². The molecular formula is C12H23NO2. The molecule has 2 saturated carbocycles. The first-order valence-corrected chi connectivity index (χ1v) is 6.17. The van der Waals surface area contributed by atoms with Crippen molar-refractivity contribution in [3.05, 3.63) is 0 Å². The molecule has 0 saturated heterocycles. The molecule has 0 heterocycles. The van der Waals surface area contributed by atoms with Crippen molar-refractivity contribution in [2.24, 2.45) is 0 Å².